The molecule has 2 nitrogen and oxygen atoms in total. The highest BCUT2D eigenvalue weighted by Gasteiger charge is 2.32. The van der Waals surface area contributed by atoms with Crippen LogP contribution in [0.15, 0.2) is 6.07 Å². The number of thiophene rings is 1. The largest absolute Gasteiger partial charge is 0.481 e. The Hall–Kier alpha value is -0.830. The van der Waals surface area contributed by atoms with Crippen molar-refractivity contribution in [3.05, 3.63) is 21.4 Å². The Balaban J connectivity index is 2.11. The molecule has 1 N–H and O–H groups in total. The lowest BCUT2D eigenvalue weighted by molar-refractivity contribution is -0.136. The summed E-state index contributed by atoms with van der Waals surface area (Å²) in [7, 11) is 0. The van der Waals surface area contributed by atoms with Crippen LogP contribution in [0.5, 0.6) is 0 Å². The van der Waals surface area contributed by atoms with E-state index in [2.05, 4.69) is 26.8 Å². The van der Waals surface area contributed by atoms with Crippen LogP contribution < -0.4 is 0 Å². The van der Waals surface area contributed by atoms with Gasteiger partial charge in [-0.1, -0.05) is 20.8 Å². The molecule has 0 bridgehead atoms. The maximum Gasteiger partial charge on any atom is 0.308 e. The molecule has 88 valence electrons. The van der Waals surface area contributed by atoms with Gasteiger partial charge in [-0.05, 0) is 35.8 Å². The Labute approximate surface area is 100 Å². The molecule has 1 aliphatic rings. The van der Waals surface area contributed by atoms with Crippen LogP contribution in [-0.4, -0.2) is 11.1 Å². The van der Waals surface area contributed by atoms with Crippen molar-refractivity contribution in [3.63, 3.8) is 0 Å². The van der Waals surface area contributed by atoms with Crippen LogP contribution in [0.1, 0.15) is 36.1 Å². The van der Waals surface area contributed by atoms with Crippen molar-refractivity contribution in [1.82, 2.24) is 0 Å². The first-order chi connectivity index (χ1) is 7.36. The molecule has 1 unspecified atom stereocenters. The number of rotatable bonds is 2. The average Bonchev–Trinajstić information content (AvgIpc) is 2.57. The van der Waals surface area contributed by atoms with Gasteiger partial charge in [-0.25, -0.2) is 0 Å². The number of hydrogen-bond donors (Lipinski definition) is 1. The van der Waals surface area contributed by atoms with Gasteiger partial charge < -0.3 is 5.11 Å². The number of carbonyl (C=O) groups is 1. The predicted octanol–water partition coefficient (Wildman–Crippen LogP) is 3.14. The van der Waals surface area contributed by atoms with Gasteiger partial charge in [-0.3, -0.25) is 4.79 Å². The van der Waals surface area contributed by atoms with E-state index in [1.807, 2.05) is 0 Å². The summed E-state index contributed by atoms with van der Waals surface area (Å²) in [5.41, 5.74) is 1.74. The first kappa shape index (κ1) is 11.6. The second-order valence-corrected chi connectivity index (χ2v) is 6.92. The lowest BCUT2D eigenvalue weighted by Crippen LogP contribution is -2.20. The van der Waals surface area contributed by atoms with Crippen molar-refractivity contribution in [2.24, 2.45) is 11.3 Å². The molecule has 0 aliphatic heterocycles. The smallest absolute Gasteiger partial charge is 0.308 e. The minimum Gasteiger partial charge on any atom is -0.481 e. The Morgan fingerprint density at radius 1 is 1.50 bits per heavy atom. The third-order valence-electron chi connectivity index (χ3n) is 3.40. The monoisotopic (exact) mass is 238 g/mol. The zero-order valence-corrected chi connectivity index (χ0v) is 10.9. The van der Waals surface area contributed by atoms with Gasteiger partial charge in [0.25, 0.3) is 0 Å². The highest BCUT2D eigenvalue weighted by Crippen LogP contribution is 2.41. The SMILES string of the molecule is CC(C)(C)C1Cc2cc(CC(=O)O)sc2C1. The first-order valence-electron chi connectivity index (χ1n) is 5.68. The van der Waals surface area contributed by atoms with E-state index in [0.717, 1.165) is 17.7 Å². The summed E-state index contributed by atoms with van der Waals surface area (Å²) in [6.45, 7) is 6.85. The molecule has 1 aromatic heterocycles. The molecule has 16 heavy (non-hydrogen) atoms. The molecule has 1 heterocycles. The van der Waals surface area contributed by atoms with Gasteiger partial charge in [0.05, 0.1) is 6.42 Å². The molecule has 0 spiro atoms. The Kier molecular flexibility index (Phi) is 2.82. The Bertz CT molecular complexity index is 389. The van der Waals surface area contributed by atoms with Crippen LogP contribution in [0.25, 0.3) is 0 Å². The van der Waals surface area contributed by atoms with Crippen molar-refractivity contribution < 1.29 is 9.90 Å². The maximum atomic E-state index is 10.6. The van der Waals surface area contributed by atoms with Gasteiger partial charge in [0.15, 0.2) is 0 Å². The maximum absolute atomic E-state index is 10.6. The van der Waals surface area contributed by atoms with Gasteiger partial charge in [-0.2, -0.15) is 0 Å². The molecule has 1 aliphatic carbocycles. The van der Waals surface area contributed by atoms with E-state index in [1.54, 1.807) is 11.3 Å². The third-order valence-corrected chi connectivity index (χ3v) is 4.60. The highest BCUT2D eigenvalue weighted by atomic mass is 32.1. The zero-order valence-electron chi connectivity index (χ0n) is 10.0. The summed E-state index contributed by atoms with van der Waals surface area (Å²) in [5, 5.41) is 8.75. The average molecular weight is 238 g/mol. The quantitative estimate of drug-likeness (QED) is 0.859. The minimum absolute atomic E-state index is 0.178. The topological polar surface area (TPSA) is 37.3 Å². The Morgan fingerprint density at radius 2 is 2.19 bits per heavy atom. The zero-order chi connectivity index (χ0) is 11.9. The van der Waals surface area contributed by atoms with Crippen LogP contribution in [0.2, 0.25) is 0 Å². The molecular formula is C13H18O2S. The molecule has 0 saturated heterocycles. The summed E-state index contributed by atoms with van der Waals surface area (Å²) in [6.07, 6.45) is 2.43. The standard InChI is InChI=1S/C13H18O2S/c1-13(2,3)9-4-8-5-10(7-12(14)15)16-11(8)6-9/h5,9H,4,6-7H2,1-3H3,(H,14,15). The number of carboxylic acid groups (broad SMARTS) is 1. The van der Waals surface area contributed by atoms with Gasteiger partial charge in [-0.15, -0.1) is 11.3 Å². The van der Waals surface area contributed by atoms with E-state index >= 15 is 0 Å². The summed E-state index contributed by atoms with van der Waals surface area (Å²) >= 11 is 1.69. The highest BCUT2D eigenvalue weighted by molar-refractivity contribution is 7.12. The molecule has 0 amide bonds. The van der Waals surface area contributed by atoms with Gasteiger partial charge in [0, 0.05) is 9.75 Å². The lowest BCUT2D eigenvalue weighted by Gasteiger charge is -2.26. The predicted molar refractivity (Wildman–Crippen MR) is 66.0 cm³/mol. The van der Waals surface area contributed by atoms with Crippen LogP contribution >= 0.6 is 11.3 Å². The second kappa shape index (κ2) is 3.88. The fraction of sp³-hybridized carbons (Fsp3) is 0.615. The summed E-state index contributed by atoms with van der Waals surface area (Å²) in [5.74, 6) is -0.0140. The fourth-order valence-electron chi connectivity index (χ4n) is 2.28. The van der Waals surface area contributed by atoms with E-state index in [-0.39, 0.29) is 6.42 Å². The van der Waals surface area contributed by atoms with E-state index in [4.69, 9.17) is 5.11 Å². The lowest BCUT2D eigenvalue weighted by atomic mass is 9.79. The molecule has 0 saturated carbocycles. The molecule has 0 fully saturated rings. The van der Waals surface area contributed by atoms with Gasteiger partial charge in [0.1, 0.15) is 0 Å². The number of hydrogen-bond acceptors (Lipinski definition) is 2. The van der Waals surface area contributed by atoms with E-state index < -0.39 is 5.97 Å². The normalized spacial score (nSPS) is 19.8. The van der Waals surface area contributed by atoms with Crippen molar-refractivity contribution in [3.8, 4) is 0 Å². The van der Waals surface area contributed by atoms with Crippen molar-refractivity contribution in [2.75, 3.05) is 0 Å². The molecule has 2 rings (SSSR count). The third kappa shape index (κ3) is 2.29. The van der Waals surface area contributed by atoms with Crippen molar-refractivity contribution in [1.29, 1.82) is 0 Å². The van der Waals surface area contributed by atoms with Crippen LogP contribution in [0, 0.1) is 11.3 Å². The van der Waals surface area contributed by atoms with E-state index in [0.29, 0.717) is 11.3 Å². The summed E-state index contributed by atoms with van der Waals surface area (Å²) in [4.78, 5) is 13.0. The molecule has 1 aromatic rings. The first-order valence-corrected chi connectivity index (χ1v) is 6.50. The van der Waals surface area contributed by atoms with Crippen LogP contribution in [0.3, 0.4) is 0 Å². The van der Waals surface area contributed by atoms with Crippen LogP contribution in [-0.2, 0) is 24.1 Å². The summed E-state index contributed by atoms with van der Waals surface area (Å²) in [6, 6.07) is 2.10. The molecule has 0 radical (unpaired) electrons. The minimum atomic E-state index is -0.729. The van der Waals surface area contributed by atoms with E-state index in [9.17, 15) is 4.79 Å². The van der Waals surface area contributed by atoms with E-state index in [1.165, 1.54) is 10.4 Å². The number of fused-ring (bicyclic) bond motifs is 1. The fourth-order valence-corrected chi connectivity index (χ4v) is 3.55. The second-order valence-electron chi connectivity index (χ2n) is 5.70. The van der Waals surface area contributed by atoms with Crippen molar-refractivity contribution in [2.45, 2.75) is 40.0 Å². The van der Waals surface area contributed by atoms with Crippen molar-refractivity contribution >= 4 is 17.3 Å². The van der Waals surface area contributed by atoms with Gasteiger partial charge in [0.2, 0.25) is 0 Å². The Morgan fingerprint density at radius 3 is 2.69 bits per heavy atom. The molecule has 3 heteroatoms. The summed E-state index contributed by atoms with van der Waals surface area (Å²) < 4.78 is 0. The van der Waals surface area contributed by atoms with Crippen LogP contribution in [0.4, 0.5) is 0 Å². The molecule has 0 aromatic carbocycles. The molecule has 1 atom stereocenters. The number of aliphatic carboxylic acids is 1. The molecular weight excluding hydrogens is 220 g/mol. The van der Waals surface area contributed by atoms with Gasteiger partial charge >= 0.3 is 5.97 Å². The number of carboxylic acids is 1.